The Morgan fingerprint density at radius 2 is 1.47 bits per heavy atom. The number of amides is 3. The van der Waals surface area contributed by atoms with Gasteiger partial charge in [-0.15, -0.1) is 0 Å². The maximum Gasteiger partial charge on any atom is 0.330 e. The molecule has 1 atom stereocenters. The van der Waals surface area contributed by atoms with Gasteiger partial charge in [0, 0.05) is 23.6 Å². The number of esters is 1. The summed E-state index contributed by atoms with van der Waals surface area (Å²) in [7, 11) is 0. The van der Waals surface area contributed by atoms with Crippen LogP contribution in [0.25, 0.3) is 0 Å². The predicted molar refractivity (Wildman–Crippen MR) is 142 cm³/mol. The molecule has 0 saturated carbocycles. The van der Waals surface area contributed by atoms with E-state index in [1.54, 1.807) is 19.9 Å². The quantitative estimate of drug-likeness (QED) is 0.167. The van der Waals surface area contributed by atoms with E-state index in [2.05, 4.69) is 69.0 Å². The van der Waals surface area contributed by atoms with Crippen molar-refractivity contribution in [3.05, 3.63) is 58.3 Å². The Bertz CT molecular complexity index is 1180. The first kappa shape index (κ1) is 27.0. The van der Waals surface area contributed by atoms with E-state index in [0.717, 1.165) is 16.0 Å². The van der Waals surface area contributed by atoms with Crippen molar-refractivity contribution in [2.75, 3.05) is 11.9 Å². The third-order valence-corrected chi connectivity index (χ3v) is 10.1. The molecule has 3 rings (SSSR count). The van der Waals surface area contributed by atoms with Crippen LogP contribution in [0.5, 0.6) is 0 Å². The van der Waals surface area contributed by atoms with Crippen LogP contribution in [0.1, 0.15) is 45.7 Å². The lowest BCUT2D eigenvalue weighted by Crippen LogP contribution is -2.49. The molecule has 0 saturated heterocycles. The molecule has 180 valence electrons. The first-order valence-corrected chi connectivity index (χ1v) is 13.3. The van der Waals surface area contributed by atoms with Crippen molar-refractivity contribution < 1.29 is 23.9 Å². The fraction of sp³-hybridized carbons (Fsp3) is 0.304. The number of hydrogen-bond acceptors (Lipinski definition) is 5. The minimum Gasteiger partial charge on any atom is -0.454 e. The topological polar surface area (TPSA) is 92.8 Å². The molecule has 1 aliphatic heterocycles. The molecule has 34 heavy (non-hydrogen) atoms. The highest BCUT2D eigenvalue weighted by Gasteiger charge is 2.47. The van der Waals surface area contributed by atoms with Crippen molar-refractivity contribution in [1.29, 1.82) is 0 Å². The van der Waals surface area contributed by atoms with Crippen LogP contribution in [0.15, 0.2) is 36.1 Å². The van der Waals surface area contributed by atoms with Crippen LogP contribution in [0, 0.1) is 19.8 Å². The van der Waals surface area contributed by atoms with E-state index in [-0.39, 0.29) is 11.1 Å². The molecule has 0 aromatic heterocycles. The molecule has 0 fully saturated rings. The van der Waals surface area contributed by atoms with Gasteiger partial charge in [0.05, 0.1) is 11.1 Å². The number of hydrogen-bond donors (Lipinski definition) is 1. The van der Waals surface area contributed by atoms with Crippen molar-refractivity contribution in [1.82, 2.24) is 4.90 Å². The monoisotopic (exact) mass is 720 g/mol. The number of aryl methyl sites for hydroxylation is 2. The number of benzene rings is 2. The summed E-state index contributed by atoms with van der Waals surface area (Å²) < 4.78 is 7.12. The number of carbonyl (C=O) groups excluding carboxylic acids is 4. The van der Waals surface area contributed by atoms with E-state index in [4.69, 9.17) is 4.74 Å². The Labute approximate surface area is 230 Å². The second-order valence-electron chi connectivity index (χ2n) is 8.15. The van der Waals surface area contributed by atoms with Gasteiger partial charge in [-0.05, 0) is 95.1 Å². The third kappa shape index (κ3) is 5.03. The van der Waals surface area contributed by atoms with Crippen molar-refractivity contribution in [2.24, 2.45) is 5.92 Å². The third-order valence-electron chi connectivity index (χ3n) is 5.29. The lowest BCUT2D eigenvalue weighted by atomic mass is 10.0. The van der Waals surface area contributed by atoms with Crippen molar-refractivity contribution >= 4 is 93.1 Å². The summed E-state index contributed by atoms with van der Waals surface area (Å²) in [6.45, 7) is 6.64. The smallest absolute Gasteiger partial charge is 0.330 e. The minimum atomic E-state index is -1.21. The van der Waals surface area contributed by atoms with E-state index >= 15 is 0 Å². The van der Waals surface area contributed by atoms with E-state index in [1.807, 2.05) is 26.0 Å². The Morgan fingerprint density at radius 1 is 0.941 bits per heavy atom. The van der Waals surface area contributed by atoms with Crippen LogP contribution in [-0.2, 0) is 14.3 Å². The number of rotatable bonds is 6. The molecule has 0 spiro atoms. The molecule has 0 unspecified atom stereocenters. The number of imide groups is 1. The van der Waals surface area contributed by atoms with Gasteiger partial charge in [-0.25, -0.2) is 4.79 Å². The Morgan fingerprint density at radius 3 is 1.94 bits per heavy atom. The summed E-state index contributed by atoms with van der Waals surface area (Å²) in [6, 6.07) is 4.34. The van der Waals surface area contributed by atoms with Gasteiger partial charge in [0.2, 0.25) is 0 Å². The number of nitrogens with zero attached hydrogens (tertiary/aromatic N) is 1. The van der Waals surface area contributed by atoms with Gasteiger partial charge in [0.1, 0.15) is 6.04 Å². The van der Waals surface area contributed by atoms with E-state index in [9.17, 15) is 19.2 Å². The summed E-state index contributed by atoms with van der Waals surface area (Å²) in [6.07, 6.45) is 0. The normalized spacial score (nSPS) is 13.9. The van der Waals surface area contributed by atoms with Crippen LogP contribution in [-0.4, -0.2) is 41.2 Å². The van der Waals surface area contributed by atoms with Gasteiger partial charge < -0.3 is 10.1 Å². The Hall–Kier alpha value is -1.56. The number of nitrogens with one attached hydrogen (secondary N) is 1. The summed E-state index contributed by atoms with van der Waals surface area (Å²) >= 11 is 13.5. The van der Waals surface area contributed by atoms with Gasteiger partial charge in [-0.2, -0.15) is 0 Å². The average molecular weight is 724 g/mol. The minimum absolute atomic E-state index is 0.137. The van der Waals surface area contributed by atoms with Gasteiger partial charge in [0.25, 0.3) is 17.7 Å². The molecule has 0 radical (unpaired) electrons. The number of carbonyl (C=O) groups is 4. The van der Waals surface area contributed by atoms with Crippen LogP contribution in [0.2, 0.25) is 0 Å². The summed E-state index contributed by atoms with van der Waals surface area (Å²) in [4.78, 5) is 52.8. The highest BCUT2D eigenvalue weighted by molar-refractivity contribution is 9.15. The molecule has 0 bridgehead atoms. The van der Waals surface area contributed by atoms with Gasteiger partial charge >= 0.3 is 5.97 Å². The predicted octanol–water partition coefficient (Wildman–Crippen LogP) is 6.16. The molecule has 7 nitrogen and oxygen atoms in total. The highest BCUT2D eigenvalue weighted by atomic mass is 79.9. The number of fused-ring (bicyclic) bond motifs is 1. The summed E-state index contributed by atoms with van der Waals surface area (Å²) in [5, 5.41) is 2.70. The maximum atomic E-state index is 13.3. The number of ether oxygens (including phenoxy) is 1. The maximum absolute atomic E-state index is 13.3. The molecular weight excluding hydrogens is 704 g/mol. The van der Waals surface area contributed by atoms with E-state index < -0.39 is 42.3 Å². The second kappa shape index (κ2) is 10.6. The molecule has 2 aromatic rings. The molecule has 0 aliphatic carbocycles. The first-order chi connectivity index (χ1) is 15.9. The second-order valence-corrected chi connectivity index (χ2v) is 11.3. The van der Waals surface area contributed by atoms with Crippen LogP contribution in [0.3, 0.4) is 0 Å². The molecule has 2 aromatic carbocycles. The molecule has 3 amide bonds. The number of anilines is 1. The first-order valence-electron chi connectivity index (χ1n) is 10.1. The zero-order valence-electron chi connectivity index (χ0n) is 18.6. The van der Waals surface area contributed by atoms with Crippen molar-refractivity contribution in [3.63, 3.8) is 0 Å². The fourth-order valence-corrected chi connectivity index (χ4v) is 6.11. The van der Waals surface area contributed by atoms with Crippen LogP contribution < -0.4 is 5.32 Å². The SMILES string of the molecule is Cc1ccc(NC(=O)COC(=O)[C@@H](C(C)C)N2C(=O)c3c(Br)c(Br)c(Br)c(Br)c3C2=O)c(C)c1. The van der Waals surface area contributed by atoms with Gasteiger partial charge in [-0.3, -0.25) is 19.3 Å². The highest BCUT2D eigenvalue weighted by Crippen LogP contribution is 2.46. The largest absolute Gasteiger partial charge is 0.454 e. The molecule has 1 heterocycles. The van der Waals surface area contributed by atoms with Crippen LogP contribution in [0.4, 0.5) is 5.69 Å². The molecular formula is C23H20Br4N2O5. The molecule has 11 heteroatoms. The summed E-state index contributed by atoms with van der Waals surface area (Å²) in [5.74, 6) is -3.08. The van der Waals surface area contributed by atoms with Crippen LogP contribution >= 0.6 is 63.7 Å². The zero-order chi connectivity index (χ0) is 25.5. The molecule has 1 N–H and O–H groups in total. The lowest BCUT2D eigenvalue weighted by Gasteiger charge is -2.27. The Kier molecular flexibility index (Phi) is 8.42. The fourth-order valence-electron chi connectivity index (χ4n) is 3.66. The number of halogens is 4. The van der Waals surface area contributed by atoms with Crippen molar-refractivity contribution in [3.8, 4) is 0 Å². The Balaban J connectivity index is 1.81. The lowest BCUT2D eigenvalue weighted by molar-refractivity contribution is -0.152. The standard InChI is InChI=1S/C23H20Br4N2O5/c1-9(2)20(23(33)34-8-13(30)28-12-6-5-10(3)7-11(12)4)29-21(31)14-15(22(29)32)17(25)19(27)18(26)16(14)24/h5-7,9,20H,8H2,1-4H3,(H,28,30)/t20-/m1/s1. The average Bonchev–Trinajstić information content (AvgIpc) is 3.02. The molecule has 1 aliphatic rings. The van der Waals surface area contributed by atoms with Gasteiger partial charge in [0.15, 0.2) is 6.61 Å². The van der Waals surface area contributed by atoms with Gasteiger partial charge in [-0.1, -0.05) is 31.5 Å². The zero-order valence-corrected chi connectivity index (χ0v) is 24.9. The van der Waals surface area contributed by atoms with E-state index in [1.165, 1.54) is 0 Å². The summed E-state index contributed by atoms with van der Waals surface area (Å²) in [5.41, 5.74) is 2.81. The van der Waals surface area contributed by atoms with Crippen molar-refractivity contribution in [2.45, 2.75) is 33.7 Å². The van der Waals surface area contributed by atoms with E-state index in [0.29, 0.717) is 23.6 Å².